The second-order valence-electron chi connectivity index (χ2n) is 4.72. The highest BCUT2D eigenvalue weighted by molar-refractivity contribution is 5.41. The van der Waals surface area contributed by atoms with Gasteiger partial charge in [-0.2, -0.15) is 5.10 Å². The Balaban J connectivity index is 2.33. The normalized spacial score (nSPS) is 10.9. The number of aromatic nitrogens is 2. The van der Waals surface area contributed by atoms with Gasteiger partial charge in [-0.3, -0.25) is 0 Å². The minimum absolute atomic E-state index is 0.882. The molecule has 2 aromatic rings. The molecule has 0 saturated carbocycles. The van der Waals surface area contributed by atoms with Gasteiger partial charge >= 0.3 is 0 Å². The highest BCUT2D eigenvalue weighted by atomic mass is 15.3. The topological polar surface area (TPSA) is 29.9 Å². The molecule has 0 aliphatic rings. The van der Waals surface area contributed by atoms with Gasteiger partial charge in [-0.25, -0.2) is 4.68 Å². The fourth-order valence-corrected chi connectivity index (χ4v) is 1.99. The summed E-state index contributed by atoms with van der Waals surface area (Å²) in [5, 5.41) is 7.82. The summed E-state index contributed by atoms with van der Waals surface area (Å²) in [6.07, 6.45) is 1.95. The molecule has 1 aromatic heterocycles. The molecule has 0 fully saturated rings. The van der Waals surface area contributed by atoms with Gasteiger partial charge in [-0.1, -0.05) is 13.0 Å². The molecule has 0 atom stereocenters. The highest BCUT2D eigenvalue weighted by Crippen LogP contribution is 2.17. The molecule has 1 heterocycles. The third kappa shape index (κ3) is 2.46. The van der Waals surface area contributed by atoms with Crippen LogP contribution in [0.4, 0.5) is 0 Å². The lowest BCUT2D eigenvalue weighted by Gasteiger charge is -2.08. The third-order valence-electron chi connectivity index (χ3n) is 3.41. The SMILES string of the molecule is CCNCc1cnn(-c2ccc(C)c(C)c2)c1C. The number of benzene rings is 1. The van der Waals surface area contributed by atoms with Gasteiger partial charge < -0.3 is 5.32 Å². The van der Waals surface area contributed by atoms with Gasteiger partial charge in [0.25, 0.3) is 0 Å². The summed E-state index contributed by atoms with van der Waals surface area (Å²) in [5.74, 6) is 0. The first-order valence-electron chi connectivity index (χ1n) is 6.45. The Morgan fingerprint density at radius 3 is 2.61 bits per heavy atom. The maximum Gasteiger partial charge on any atom is 0.0651 e. The van der Waals surface area contributed by atoms with Crippen molar-refractivity contribution in [3.63, 3.8) is 0 Å². The molecule has 0 saturated heterocycles. The number of nitrogens with zero attached hydrogens (tertiary/aromatic N) is 2. The number of hydrogen-bond donors (Lipinski definition) is 1. The molecule has 2 rings (SSSR count). The summed E-state index contributed by atoms with van der Waals surface area (Å²) in [6, 6.07) is 6.46. The monoisotopic (exact) mass is 243 g/mol. The molecule has 1 aromatic carbocycles. The Bertz CT molecular complexity index is 541. The van der Waals surface area contributed by atoms with Gasteiger partial charge in [-0.15, -0.1) is 0 Å². The van der Waals surface area contributed by atoms with Crippen LogP contribution >= 0.6 is 0 Å². The van der Waals surface area contributed by atoms with E-state index in [1.54, 1.807) is 0 Å². The molecule has 0 aliphatic carbocycles. The van der Waals surface area contributed by atoms with Crippen LogP contribution in [0.25, 0.3) is 5.69 Å². The lowest BCUT2D eigenvalue weighted by molar-refractivity contribution is 0.721. The van der Waals surface area contributed by atoms with Gasteiger partial charge in [-0.05, 0) is 50.6 Å². The standard InChI is InChI=1S/C15H21N3/c1-5-16-9-14-10-17-18(13(14)4)15-7-6-11(2)12(3)8-15/h6-8,10,16H,5,9H2,1-4H3. The van der Waals surface area contributed by atoms with Crippen LogP contribution in [-0.4, -0.2) is 16.3 Å². The molecule has 1 N–H and O–H groups in total. The Labute approximate surface area is 109 Å². The zero-order valence-electron chi connectivity index (χ0n) is 11.6. The van der Waals surface area contributed by atoms with Crippen LogP contribution in [0.15, 0.2) is 24.4 Å². The minimum Gasteiger partial charge on any atom is -0.313 e. The summed E-state index contributed by atoms with van der Waals surface area (Å²) < 4.78 is 2.01. The molecule has 3 nitrogen and oxygen atoms in total. The summed E-state index contributed by atoms with van der Waals surface area (Å²) in [6.45, 7) is 10.4. The number of rotatable bonds is 4. The van der Waals surface area contributed by atoms with Crippen LogP contribution in [0.1, 0.15) is 29.3 Å². The molecular weight excluding hydrogens is 222 g/mol. The van der Waals surface area contributed by atoms with E-state index in [0.29, 0.717) is 0 Å². The van der Waals surface area contributed by atoms with Crippen molar-refractivity contribution in [1.29, 1.82) is 0 Å². The molecule has 0 unspecified atom stereocenters. The Kier molecular flexibility index (Phi) is 3.82. The van der Waals surface area contributed by atoms with Crippen LogP contribution in [-0.2, 0) is 6.54 Å². The number of hydrogen-bond acceptors (Lipinski definition) is 2. The molecule has 18 heavy (non-hydrogen) atoms. The lowest BCUT2D eigenvalue weighted by atomic mass is 10.1. The zero-order chi connectivity index (χ0) is 13.1. The summed E-state index contributed by atoms with van der Waals surface area (Å²) in [4.78, 5) is 0. The maximum atomic E-state index is 4.49. The van der Waals surface area contributed by atoms with Gasteiger partial charge in [0.15, 0.2) is 0 Å². The van der Waals surface area contributed by atoms with Crippen LogP contribution in [0.5, 0.6) is 0 Å². The Hall–Kier alpha value is -1.61. The van der Waals surface area contributed by atoms with Crippen molar-refractivity contribution >= 4 is 0 Å². The number of nitrogens with one attached hydrogen (secondary N) is 1. The predicted molar refractivity (Wildman–Crippen MR) is 75.2 cm³/mol. The van der Waals surface area contributed by atoms with Crippen molar-refractivity contribution in [2.45, 2.75) is 34.2 Å². The van der Waals surface area contributed by atoms with E-state index < -0.39 is 0 Å². The molecule has 0 amide bonds. The first kappa shape index (κ1) is 12.8. The molecule has 0 spiro atoms. The Morgan fingerprint density at radius 1 is 1.17 bits per heavy atom. The third-order valence-corrected chi connectivity index (χ3v) is 3.41. The van der Waals surface area contributed by atoms with Gasteiger partial charge in [0, 0.05) is 17.8 Å². The van der Waals surface area contributed by atoms with Crippen LogP contribution in [0.2, 0.25) is 0 Å². The second kappa shape index (κ2) is 5.36. The van der Waals surface area contributed by atoms with Crippen molar-refractivity contribution in [1.82, 2.24) is 15.1 Å². The van der Waals surface area contributed by atoms with E-state index in [4.69, 9.17) is 0 Å². The van der Waals surface area contributed by atoms with E-state index in [-0.39, 0.29) is 0 Å². The van der Waals surface area contributed by atoms with Crippen LogP contribution in [0.3, 0.4) is 0 Å². The second-order valence-corrected chi connectivity index (χ2v) is 4.72. The minimum atomic E-state index is 0.882. The maximum absolute atomic E-state index is 4.49. The quantitative estimate of drug-likeness (QED) is 0.895. The van der Waals surface area contributed by atoms with Crippen molar-refractivity contribution in [3.05, 3.63) is 46.8 Å². The first-order chi connectivity index (χ1) is 8.63. The highest BCUT2D eigenvalue weighted by Gasteiger charge is 2.08. The summed E-state index contributed by atoms with van der Waals surface area (Å²) in [5.41, 5.74) is 6.22. The molecule has 96 valence electrons. The molecule has 3 heteroatoms. The summed E-state index contributed by atoms with van der Waals surface area (Å²) >= 11 is 0. The molecule has 0 aliphatic heterocycles. The van der Waals surface area contributed by atoms with Crippen molar-refractivity contribution in [3.8, 4) is 5.69 Å². The fourth-order valence-electron chi connectivity index (χ4n) is 1.99. The van der Waals surface area contributed by atoms with Crippen molar-refractivity contribution < 1.29 is 0 Å². The largest absolute Gasteiger partial charge is 0.313 e. The molecule has 0 bridgehead atoms. The molecule has 0 radical (unpaired) electrons. The fraction of sp³-hybridized carbons (Fsp3) is 0.400. The van der Waals surface area contributed by atoms with Crippen molar-refractivity contribution in [2.75, 3.05) is 6.54 Å². The van der Waals surface area contributed by atoms with Gasteiger partial charge in [0.1, 0.15) is 0 Å². The van der Waals surface area contributed by atoms with Crippen LogP contribution < -0.4 is 5.32 Å². The first-order valence-corrected chi connectivity index (χ1v) is 6.45. The average Bonchev–Trinajstić information content (AvgIpc) is 2.72. The lowest BCUT2D eigenvalue weighted by Crippen LogP contribution is -2.12. The van der Waals surface area contributed by atoms with E-state index in [0.717, 1.165) is 18.8 Å². The van der Waals surface area contributed by atoms with Gasteiger partial charge in [0.2, 0.25) is 0 Å². The zero-order valence-corrected chi connectivity index (χ0v) is 11.6. The summed E-state index contributed by atoms with van der Waals surface area (Å²) in [7, 11) is 0. The average molecular weight is 243 g/mol. The smallest absolute Gasteiger partial charge is 0.0651 e. The molecular formula is C15H21N3. The van der Waals surface area contributed by atoms with E-state index in [1.807, 2.05) is 10.9 Å². The van der Waals surface area contributed by atoms with Gasteiger partial charge in [0.05, 0.1) is 11.9 Å². The van der Waals surface area contributed by atoms with E-state index in [9.17, 15) is 0 Å². The van der Waals surface area contributed by atoms with Crippen molar-refractivity contribution in [2.24, 2.45) is 0 Å². The van der Waals surface area contributed by atoms with E-state index in [2.05, 4.69) is 56.3 Å². The van der Waals surface area contributed by atoms with E-state index >= 15 is 0 Å². The Morgan fingerprint density at radius 2 is 1.94 bits per heavy atom. The number of aryl methyl sites for hydroxylation is 2. The van der Waals surface area contributed by atoms with E-state index in [1.165, 1.54) is 22.4 Å². The van der Waals surface area contributed by atoms with Crippen LogP contribution in [0, 0.1) is 20.8 Å². The predicted octanol–water partition coefficient (Wildman–Crippen LogP) is 2.91.